The number of alkyl halides is 3. The first-order valence-corrected chi connectivity index (χ1v) is 9.48. The van der Waals surface area contributed by atoms with Crippen LogP contribution in [0.3, 0.4) is 0 Å². The summed E-state index contributed by atoms with van der Waals surface area (Å²) in [4.78, 5) is 16.8. The van der Waals surface area contributed by atoms with Gasteiger partial charge in [0, 0.05) is 25.5 Å². The number of sulfone groups is 1. The second kappa shape index (κ2) is 6.08. The number of hydrogen-bond donors (Lipinski definition) is 0. The fraction of sp³-hybridized carbons (Fsp3) is 0.400. The normalized spacial score (nSPS) is 15.1. The average Bonchev–Trinajstić information content (AvgIpc) is 3.31. The molecule has 1 saturated carbocycles. The minimum Gasteiger partial charge on any atom is -0.356 e. The van der Waals surface area contributed by atoms with Crippen molar-refractivity contribution in [2.24, 2.45) is 0 Å². The fourth-order valence-electron chi connectivity index (χ4n) is 2.59. The molecule has 11 heteroatoms. The molecule has 2 aromatic heterocycles. The molecule has 0 radical (unpaired) electrons. The van der Waals surface area contributed by atoms with Gasteiger partial charge >= 0.3 is 6.18 Å². The van der Waals surface area contributed by atoms with E-state index >= 15 is 0 Å². The highest BCUT2D eigenvalue weighted by atomic mass is 32.2. The molecule has 2 aromatic rings. The van der Waals surface area contributed by atoms with E-state index in [1.807, 2.05) is 0 Å². The van der Waals surface area contributed by atoms with Gasteiger partial charge in [-0.3, -0.25) is 4.79 Å². The Labute approximate surface area is 147 Å². The number of carbonyl (C=O) groups is 1. The number of rotatable bonds is 5. The Kier molecular flexibility index (Phi) is 4.29. The molecule has 0 amide bonds. The number of halogens is 3. The molecule has 3 rings (SSSR count). The third-order valence-corrected chi connectivity index (χ3v) is 5.18. The van der Waals surface area contributed by atoms with Gasteiger partial charge in [0.2, 0.25) is 0 Å². The van der Waals surface area contributed by atoms with Gasteiger partial charge in [-0.25, -0.2) is 13.4 Å². The van der Waals surface area contributed by atoms with Gasteiger partial charge in [-0.15, -0.1) is 0 Å². The Bertz CT molecular complexity index is 948. The van der Waals surface area contributed by atoms with Crippen LogP contribution in [-0.4, -0.2) is 48.8 Å². The van der Waals surface area contributed by atoms with Crippen LogP contribution in [0.15, 0.2) is 23.2 Å². The minimum atomic E-state index is -4.81. The molecule has 7 nitrogen and oxygen atoms in total. The summed E-state index contributed by atoms with van der Waals surface area (Å²) in [5.74, 6) is -0.0343. The van der Waals surface area contributed by atoms with E-state index in [1.165, 1.54) is 12.1 Å². The summed E-state index contributed by atoms with van der Waals surface area (Å²) in [6, 6.07) is 2.50. The van der Waals surface area contributed by atoms with Crippen LogP contribution in [0.2, 0.25) is 0 Å². The highest BCUT2D eigenvalue weighted by Crippen LogP contribution is 2.39. The summed E-state index contributed by atoms with van der Waals surface area (Å²) in [6.07, 6.45) is -1.06. The van der Waals surface area contributed by atoms with Crippen LogP contribution >= 0.6 is 0 Å². The Morgan fingerprint density at radius 2 is 1.96 bits per heavy atom. The average molecular weight is 388 g/mol. The molecular weight excluding hydrogens is 373 g/mol. The molecule has 26 heavy (non-hydrogen) atoms. The van der Waals surface area contributed by atoms with Gasteiger partial charge in [-0.2, -0.15) is 23.0 Å². The quantitative estimate of drug-likeness (QED) is 0.730. The molecule has 140 valence electrons. The molecule has 1 fully saturated rings. The van der Waals surface area contributed by atoms with Crippen molar-refractivity contribution in [1.82, 2.24) is 14.8 Å². The van der Waals surface area contributed by atoms with Crippen molar-refractivity contribution in [3.05, 3.63) is 29.6 Å². The number of anilines is 1. The maximum absolute atomic E-state index is 13.3. The maximum atomic E-state index is 13.3. The molecule has 0 spiro atoms. The van der Waals surface area contributed by atoms with Crippen LogP contribution in [0.4, 0.5) is 19.0 Å². The Balaban J connectivity index is 2.19. The van der Waals surface area contributed by atoms with Gasteiger partial charge in [-0.05, 0) is 25.0 Å². The Hall–Kier alpha value is -2.43. The second-order valence-electron chi connectivity index (χ2n) is 6.08. The SMILES string of the molecule is CN(c1c(C=O)c(C(F)(F)F)nn1-c1ccc(S(C)(=O)=O)cn1)C1CC1. The molecule has 0 atom stereocenters. The van der Waals surface area contributed by atoms with Crippen molar-refractivity contribution in [2.45, 2.75) is 30.0 Å². The number of hydrogen-bond acceptors (Lipinski definition) is 6. The summed E-state index contributed by atoms with van der Waals surface area (Å²) in [6.45, 7) is 0. The van der Waals surface area contributed by atoms with E-state index in [0.29, 0.717) is 0 Å². The van der Waals surface area contributed by atoms with E-state index in [4.69, 9.17) is 0 Å². The molecule has 0 N–H and O–H groups in total. The van der Waals surface area contributed by atoms with E-state index < -0.39 is 27.3 Å². The van der Waals surface area contributed by atoms with Crippen LogP contribution < -0.4 is 4.90 Å². The van der Waals surface area contributed by atoms with Crippen LogP contribution in [0.1, 0.15) is 28.9 Å². The highest BCUT2D eigenvalue weighted by Gasteiger charge is 2.42. The summed E-state index contributed by atoms with van der Waals surface area (Å²) >= 11 is 0. The summed E-state index contributed by atoms with van der Waals surface area (Å²) < 4.78 is 63.9. The number of carbonyl (C=O) groups excluding carboxylic acids is 1. The number of aldehydes is 1. The Morgan fingerprint density at radius 1 is 1.31 bits per heavy atom. The smallest absolute Gasteiger partial charge is 0.356 e. The maximum Gasteiger partial charge on any atom is 0.435 e. The van der Waals surface area contributed by atoms with E-state index in [0.717, 1.165) is 30.0 Å². The van der Waals surface area contributed by atoms with Crippen molar-refractivity contribution in [3.63, 3.8) is 0 Å². The summed E-state index contributed by atoms with van der Waals surface area (Å²) in [5, 5.41) is 3.55. The van der Waals surface area contributed by atoms with Crippen molar-refractivity contribution >= 4 is 21.9 Å². The monoisotopic (exact) mass is 388 g/mol. The van der Waals surface area contributed by atoms with E-state index in [2.05, 4.69) is 10.1 Å². The van der Waals surface area contributed by atoms with Crippen molar-refractivity contribution in [1.29, 1.82) is 0 Å². The molecule has 0 aromatic carbocycles. The summed E-state index contributed by atoms with van der Waals surface area (Å²) in [7, 11) is -1.91. The van der Waals surface area contributed by atoms with Crippen LogP contribution in [-0.2, 0) is 16.0 Å². The van der Waals surface area contributed by atoms with E-state index in [9.17, 15) is 26.4 Å². The summed E-state index contributed by atoms with van der Waals surface area (Å²) in [5.41, 5.74) is -1.87. The third-order valence-electron chi connectivity index (χ3n) is 4.08. The zero-order valence-electron chi connectivity index (χ0n) is 13.9. The molecular formula is C15H15F3N4O3S. The van der Waals surface area contributed by atoms with Gasteiger partial charge in [0.1, 0.15) is 5.82 Å². The number of pyridine rings is 1. The van der Waals surface area contributed by atoms with Gasteiger partial charge in [-0.1, -0.05) is 0 Å². The predicted octanol–water partition coefficient (Wildman–Crippen LogP) is 2.10. The highest BCUT2D eigenvalue weighted by molar-refractivity contribution is 7.90. The molecule has 1 aliphatic carbocycles. The van der Waals surface area contributed by atoms with Crippen LogP contribution in [0, 0.1) is 0 Å². The first-order chi connectivity index (χ1) is 12.0. The zero-order valence-corrected chi connectivity index (χ0v) is 14.7. The lowest BCUT2D eigenvalue weighted by Gasteiger charge is -2.20. The van der Waals surface area contributed by atoms with Crippen LogP contribution in [0.25, 0.3) is 5.82 Å². The van der Waals surface area contributed by atoms with Crippen molar-refractivity contribution in [2.75, 3.05) is 18.2 Å². The van der Waals surface area contributed by atoms with Crippen molar-refractivity contribution in [3.8, 4) is 5.82 Å². The first-order valence-electron chi connectivity index (χ1n) is 7.58. The van der Waals surface area contributed by atoms with Gasteiger partial charge in [0.05, 0.1) is 10.5 Å². The largest absolute Gasteiger partial charge is 0.435 e. The lowest BCUT2D eigenvalue weighted by Crippen LogP contribution is -2.24. The van der Waals surface area contributed by atoms with Crippen molar-refractivity contribution < 1.29 is 26.4 Å². The Morgan fingerprint density at radius 3 is 2.38 bits per heavy atom. The fourth-order valence-corrected chi connectivity index (χ4v) is 3.15. The van der Waals surface area contributed by atoms with Gasteiger partial charge in [0.15, 0.2) is 27.6 Å². The second-order valence-corrected chi connectivity index (χ2v) is 8.10. The van der Waals surface area contributed by atoms with Gasteiger partial charge < -0.3 is 4.90 Å². The standard InChI is InChI=1S/C15H15F3N4O3S/c1-21(9-3-4-9)14-11(8-23)13(15(16,17)18)20-22(14)12-6-5-10(7-19-12)26(2,24)25/h5-9H,3-4H2,1-2H3. The minimum absolute atomic E-state index is 0.0144. The lowest BCUT2D eigenvalue weighted by atomic mass is 10.2. The molecule has 0 aliphatic heterocycles. The molecule has 2 heterocycles. The number of nitrogens with zero attached hydrogens (tertiary/aromatic N) is 4. The zero-order chi connectivity index (χ0) is 19.3. The molecule has 0 bridgehead atoms. The lowest BCUT2D eigenvalue weighted by molar-refractivity contribution is -0.141. The van der Waals surface area contributed by atoms with Gasteiger partial charge in [0.25, 0.3) is 0 Å². The third kappa shape index (κ3) is 3.30. The molecule has 0 saturated heterocycles. The van der Waals surface area contributed by atoms with E-state index in [1.54, 1.807) is 11.9 Å². The number of aromatic nitrogens is 3. The topological polar surface area (TPSA) is 85.2 Å². The van der Waals surface area contributed by atoms with E-state index in [-0.39, 0.29) is 28.9 Å². The molecule has 0 unspecified atom stereocenters. The van der Waals surface area contributed by atoms with Crippen LogP contribution in [0.5, 0.6) is 0 Å². The predicted molar refractivity (Wildman–Crippen MR) is 86.3 cm³/mol. The first kappa shape index (κ1) is 18.4. The molecule has 1 aliphatic rings.